The summed E-state index contributed by atoms with van der Waals surface area (Å²) in [5, 5.41) is 0. The van der Waals surface area contributed by atoms with Gasteiger partial charge in [-0.2, -0.15) is 0 Å². The van der Waals surface area contributed by atoms with Crippen LogP contribution in [-0.2, 0) is 11.2 Å². The molecule has 1 aromatic rings. The van der Waals surface area contributed by atoms with Crippen molar-refractivity contribution in [2.24, 2.45) is 5.41 Å². The first-order valence-electron chi connectivity index (χ1n) is 6.91. The first kappa shape index (κ1) is 15.5. The fraction of sp³-hybridized carbons (Fsp3) is 0.471. The molecule has 0 heterocycles. The van der Waals surface area contributed by atoms with Gasteiger partial charge in [0.2, 0.25) is 5.91 Å². The highest BCUT2D eigenvalue weighted by atomic mass is 16.2. The maximum Gasteiger partial charge on any atom is 0.219 e. The molecule has 104 valence electrons. The minimum Gasteiger partial charge on any atom is -0.339 e. The van der Waals surface area contributed by atoms with Crippen LogP contribution in [0.25, 0.3) is 0 Å². The van der Waals surface area contributed by atoms with Crippen molar-refractivity contribution < 1.29 is 4.79 Å². The predicted octanol–water partition coefficient (Wildman–Crippen LogP) is 3.68. The Morgan fingerprint density at radius 2 is 2.00 bits per heavy atom. The fourth-order valence-corrected chi connectivity index (χ4v) is 2.30. The van der Waals surface area contributed by atoms with Gasteiger partial charge in [-0.25, -0.2) is 0 Å². The third kappa shape index (κ3) is 4.90. The lowest BCUT2D eigenvalue weighted by atomic mass is 9.80. The Kier molecular flexibility index (Phi) is 5.81. The van der Waals surface area contributed by atoms with E-state index in [9.17, 15) is 4.79 Å². The summed E-state index contributed by atoms with van der Waals surface area (Å²) >= 11 is 0. The molecule has 0 radical (unpaired) electrons. The molecule has 1 aromatic carbocycles. The zero-order chi connectivity index (χ0) is 14.3. The van der Waals surface area contributed by atoms with Crippen LogP contribution >= 0.6 is 0 Å². The number of amides is 1. The second kappa shape index (κ2) is 7.13. The van der Waals surface area contributed by atoms with E-state index in [0.29, 0.717) is 6.54 Å². The lowest BCUT2D eigenvalue weighted by Gasteiger charge is -2.34. The van der Waals surface area contributed by atoms with Crippen molar-refractivity contribution in [1.29, 1.82) is 0 Å². The van der Waals surface area contributed by atoms with Crippen LogP contribution in [0.5, 0.6) is 0 Å². The highest BCUT2D eigenvalue weighted by Crippen LogP contribution is 2.27. The molecule has 0 spiro atoms. The molecule has 2 heteroatoms. The van der Waals surface area contributed by atoms with E-state index < -0.39 is 0 Å². The molecule has 0 aromatic heterocycles. The summed E-state index contributed by atoms with van der Waals surface area (Å²) in [6.45, 7) is 11.2. The first-order chi connectivity index (χ1) is 9.00. The van der Waals surface area contributed by atoms with E-state index in [1.807, 2.05) is 11.0 Å². The molecule has 0 aliphatic carbocycles. The van der Waals surface area contributed by atoms with Crippen LogP contribution in [0.4, 0.5) is 0 Å². The number of carbonyl (C=O) groups excluding carboxylic acids is 1. The van der Waals surface area contributed by atoms with Crippen LogP contribution in [0, 0.1) is 5.41 Å². The van der Waals surface area contributed by atoms with Crippen molar-refractivity contribution in [2.45, 2.75) is 33.6 Å². The Bertz CT molecular complexity index is 413. The second-order valence-corrected chi connectivity index (χ2v) is 5.51. The van der Waals surface area contributed by atoms with Crippen molar-refractivity contribution in [1.82, 2.24) is 4.90 Å². The molecule has 0 bridgehead atoms. The molecule has 1 rings (SSSR count). The molecule has 0 aliphatic rings. The van der Waals surface area contributed by atoms with Gasteiger partial charge in [-0.15, -0.1) is 6.58 Å². The van der Waals surface area contributed by atoms with Crippen LogP contribution in [0.1, 0.15) is 32.8 Å². The Morgan fingerprint density at radius 3 is 2.47 bits per heavy atom. The average molecular weight is 259 g/mol. The summed E-state index contributed by atoms with van der Waals surface area (Å²) in [5.74, 6) is 0.118. The van der Waals surface area contributed by atoms with E-state index in [1.54, 1.807) is 13.0 Å². The summed E-state index contributed by atoms with van der Waals surface area (Å²) < 4.78 is 0. The monoisotopic (exact) mass is 259 g/mol. The maximum atomic E-state index is 11.7. The van der Waals surface area contributed by atoms with Gasteiger partial charge in [-0.1, -0.05) is 50.3 Å². The van der Waals surface area contributed by atoms with E-state index >= 15 is 0 Å². The summed E-state index contributed by atoms with van der Waals surface area (Å²) in [6.07, 6.45) is 3.83. The zero-order valence-corrected chi connectivity index (χ0v) is 12.4. The molecule has 0 saturated carbocycles. The summed E-state index contributed by atoms with van der Waals surface area (Å²) in [7, 11) is 0. The van der Waals surface area contributed by atoms with Crippen LogP contribution in [0.2, 0.25) is 0 Å². The molecule has 0 saturated heterocycles. The molecule has 2 nitrogen and oxygen atoms in total. The Hall–Kier alpha value is -1.57. The first-order valence-corrected chi connectivity index (χ1v) is 6.91. The fourth-order valence-electron chi connectivity index (χ4n) is 2.30. The van der Waals surface area contributed by atoms with Gasteiger partial charge in [0.15, 0.2) is 0 Å². The molecule has 0 N–H and O–H groups in total. The number of hydrogen-bond donors (Lipinski definition) is 0. The van der Waals surface area contributed by atoms with E-state index in [-0.39, 0.29) is 11.3 Å². The third-order valence-corrected chi connectivity index (χ3v) is 3.69. The quantitative estimate of drug-likeness (QED) is 0.684. The Morgan fingerprint density at radius 1 is 1.37 bits per heavy atom. The van der Waals surface area contributed by atoms with Gasteiger partial charge in [-0.05, 0) is 23.8 Å². The average Bonchev–Trinajstić information content (AvgIpc) is 2.39. The van der Waals surface area contributed by atoms with Crippen molar-refractivity contribution in [3.63, 3.8) is 0 Å². The zero-order valence-electron chi connectivity index (χ0n) is 12.4. The Labute approximate surface area is 117 Å². The third-order valence-electron chi connectivity index (χ3n) is 3.69. The van der Waals surface area contributed by atoms with Crippen LogP contribution in [0.15, 0.2) is 43.0 Å². The number of rotatable bonds is 7. The van der Waals surface area contributed by atoms with Crippen LogP contribution in [0.3, 0.4) is 0 Å². The van der Waals surface area contributed by atoms with Gasteiger partial charge in [0.1, 0.15) is 0 Å². The molecule has 1 atom stereocenters. The SMILES string of the molecule is C=CCN(CC(C)(CC)Cc1ccccc1)C(C)=O. The number of nitrogens with zero attached hydrogens (tertiary/aromatic N) is 1. The van der Waals surface area contributed by atoms with Gasteiger partial charge in [-0.3, -0.25) is 4.79 Å². The molecule has 0 aliphatic heterocycles. The lowest BCUT2D eigenvalue weighted by molar-refractivity contribution is -0.129. The number of carbonyl (C=O) groups is 1. The van der Waals surface area contributed by atoms with Gasteiger partial charge in [0.05, 0.1) is 0 Å². The van der Waals surface area contributed by atoms with Gasteiger partial charge in [0, 0.05) is 20.0 Å². The molecular weight excluding hydrogens is 234 g/mol. The van der Waals surface area contributed by atoms with Crippen LogP contribution < -0.4 is 0 Å². The van der Waals surface area contributed by atoms with Crippen molar-refractivity contribution in [3.05, 3.63) is 48.6 Å². The summed E-state index contributed by atoms with van der Waals surface area (Å²) in [4.78, 5) is 13.5. The van der Waals surface area contributed by atoms with Gasteiger partial charge < -0.3 is 4.90 Å². The molecule has 1 amide bonds. The van der Waals surface area contributed by atoms with Crippen molar-refractivity contribution in [3.8, 4) is 0 Å². The molecule has 0 fully saturated rings. The molecule has 1 unspecified atom stereocenters. The lowest BCUT2D eigenvalue weighted by Crippen LogP contribution is -2.39. The summed E-state index contributed by atoms with van der Waals surface area (Å²) in [6, 6.07) is 10.5. The minimum absolute atomic E-state index is 0.107. The number of hydrogen-bond acceptors (Lipinski definition) is 1. The highest BCUT2D eigenvalue weighted by molar-refractivity contribution is 5.73. The standard InChI is InChI=1S/C17H25NO/c1-5-12-18(15(3)19)14-17(4,6-2)13-16-10-8-7-9-11-16/h5,7-11H,1,6,12-14H2,2-4H3. The second-order valence-electron chi connectivity index (χ2n) is 5.51. The Balaban J connectivity index is 2.78. The highest BCUT2D eigenvalue weighted by Gasteiger charge is 2.26. The van der Waals surface area contributed by atoms with E-state index in [2.05, 4.69) is 44.7 Å². The maximum absolute atomic E-state index is 11.7. The van der Waals surface area contributed by atoms with Crippen LogP contribution in [-0.4, -0.2) is 23.9 Å². The van der Waals surface area contributed by atoms with E-state index in [0.717, 1.165) is 19.4 Å². The predicted molar refractivity (Wildman–Crippen MR) is 81.0 cm³/mol. The smallest absolute Gasteiger partial charge is 0.219 e. The normalized spacial score (nSPS) is 13.6. The van der Waals surface area contributed by atoms with Crippen molar-refractivity contribution in [2.75, 3.05) is 13.1 Å². The molecular formula is C17H25NO. The molecule has 19 heavy (non-hydrogen) atoms. The van der Waals surface area contributed by atoms with Gasteiger partial charge in [0.25, 0.3) is 0 Å². The van der Waals surface area contributed by atoms with E-state index in [1.165, 1.54) is 5.56 Å². The largest absolute Gasteiger partial charge is 0.339 e. The van der Waals surface area contributed by atoms with E-state index in [4.69, 9.17) is 0 Å². The van der Waals surface area contributed by atoms with Gasteiger partial charge >= 0.3 is 0 Å². The minimum atomic E-state index is 0.107. The van der Waals surface area contributed by atoms with Crippen molar-refractivity contribution >= 4 is 5.91 Å². The topological polar surface area (TPSA) is 20.3 Å². The summed E-state index contributed by atoms with van der Waals surface area (Å²) in [5.41, 5.74) is 1.43. The number of benzene rings is 1.